The topological polar surface area (TPSA) is 29.9 Å². The fraction of sp³-hybridized carbons (Fsp3) is 0.833. The van der Waals surface area contributed by atoms with Crippen LogP contribution in [0.4, 0.5) is 0 Å². The molecule has 21 heavy (non-hydrogen) atoms. The first kappa shape index (κ1) is 18.2. The molecule has 0 radical (unpaired) electrons. The van der Waals surface area contributed by atoms with Gasteiger partial charge in [0.1, 0.15) is 0 Å². The maximum atomic E-state index is 4.77. The van der Waals surface area contributed by atoms with Gasteiger partial charge in [-0.2, -0.15) is 5.10 Å². The second kappa shape index (κ2) is 9.99. The van der Waals surface area contributed by atoms with E-state index in [9.17, 15) is 0 Å². The Morgan fingerprint density at radius 2 is 1.67 bits per heavy atom. The van der Waals surface area contributed by atoms with Crippen molar-refractivity contribution in [1.82, 2.24) is 15.1 Å². The standard InChI is InChI=1S/C18H35N3/c1-6-9-10-11-12-13-14-21-16(5)18(15(4)20-21)17(7-2)19-8-3/h17,19H,6-14H2,1-5H3. The molecule has 0 amide bonds. The van der Waals surface area contributed by atoms with Crippen LogP contribution < -0.4 is 5.32 Å². The number of rotatable bonds is 11. The van der Waals surface area contributed by atoms with E-state index in [-0.39, 0.29) is 0 Å². The minimum Gasteiger partial charge on any atom is -0.310 e. The minimum atomic E-state index is 0.452. The van der Waals surface area contributed by atoms with Crippen molar-refractivity contribution < 1.29 is 0 Å². The van der Waals surface area contributed by atoms with Gasteiger partial charge in [0.05, 0.1) is 5.69 Å². The lowest BCUT2D eigenvalue weighted by Crippen LogP contribution is -2.21. The van der Waals surface area contributed by atoms with Gasteiger partial charge >= 0.3 is 0 Å². The molecule has 3 nitrogen and oxygen atoms in total. The van der Waals surface area contributed by atoms with E-state index in [0.717, 1.165) is 19.5 Å². The molecule has 0 aliphatic heterocycles. The Hall–Kier alpha value is -0.830. The van der Waals surface area contributed by atoms with Crippen molar-refractivity contribution in [3.05, 3.63) is 17.0 Å². The third-order valence-corrected chi connectivity index (χ3v) is 4.37. The molecule has 1 aromatic rings. The number of hydrogen-bond donors (Lipinski definition) is 1. The smallest absolute Gasteiger partial charge is 0.0644 e. The summed E-state index contributed by atoms with van der Waals surface area (Å²) in [6.45, 7) is 13.2. The zero-order valence-corrected chi connectivity index (χ0v) is 14.8. The summed E-state index contributed by atoms with van der Waals surface area (Å²) in [6.07, 6.45) is 9.17. The van der Waals surface area contributed by atoms with Crippen LogP contribution in [0.25, 0.3) is 0 Å². The van der Waals surface area contributed by atoms with Gasteiger partial charge in [-0.05, 0) is 33.2 Å². The summed E-state index contributed by atoms with van der Waals surface area (Å²) in [5, 5.41) is 8.35. The second-order valence-electron chi connectivity index (χ2n) is 6.09. The number of nitrogens with one attached hydrogen (secondary N) is 1. The molecule has 122 valence electrons. The van der Waals surface area contributed by atoms with Gasteiger partial charge < -0.3 is 5.32 Å². The van der Waals surface area contributed by atoms with E-state index < -0.39 is 0 Å². The monoisotopic (exact) mass is 293 g/mol. The van der Waals surface area contributed by atoms with E-state index in [1.807, 2.05) is 0 Å². The lowest BCUT2D eigenvalue weighted by molar-refractivity contribution is 0.511. The maximum absolute atomic E-state index is 4.77. The molecule has 0 fully saturated rings. The highest BCUT2D eigenvalue weighted by molar-refractivity contribution is 5.28. The molecule has 1 heterocycles. The molecule has 0 bridgehead atoms. The Kier molecular flexibility index (Phi) is 8.67. The molecule has 1 N–H and O–H groups in total. The van der Waals surface area contributed by atoms with Crippen LogP contribution in [-0.2, 0) is 6.54 Å². The van der Waals surface area contributed by atoms with Crippen molar-refractivity contribution in [2.24, 2.45) is 0 Å². The summed E-state index contributed by atoms with van der Waals surface area (Å²) in [5.74, 6) is 0. The van der Waals surface area contributed by atoms with Crippen LogP contribution in [0.5, 0.6) is 0 Å². The fourth-order valence-corrected chi connectivity index (χ4v) is 3.17. The van der Waals surface area contributed by atoms with Crippen LogP contribution >= 0.6 is 0 Å². The number of aromatic nitrogens is 2. The molecule has 0 saturated carbocycles. The fourth-order valence-electron chi connectivity index (χ4n) is 3.17. The average molecular weight is 293 g/mol. The van der Waals surface area contributed by atoms with Gasteiger partial charge in [0.2, 0.25) is 0 Å². The van der Waals surface area contributed by atoms with Crippen molar-refractivity contribution >= 4 is 0 Å². The highest BCUT2D eigenvalue weighted by Gasteiger charge is 2.18. The normalized spacial score (nSPS) is 12.8. The van der Waals surface area contributed by atoms with Gasteiger partial charge in [-0.25, -0.2) is 0 Å². The Labute approximate surface area is 131 Å². The molecule has 0 aromatic carbocycles. The van der Waals surface area contributed by atoms with Crippen molar-refractivity contribution in [2.45, 2.75) is 92.2 Å². The predicted molar refractivity (Wildman–Crippen MR) is 91.8 cm³/mol. The lowest BCUT2D eigenvalue weighted by atomic mass is 10.0. The van der Waals surface area contributed by atoms with Crippen LogP contribution in [0.1, 0.15) is 88.7 Å². The summed E-state index contributed by atoms with van der Waals surface area (Å²) >= 11 is 0. The van der Waals surface area contributed by atoms with Crippen molar-refractivity contribution in [3.63, 3.8) is 0 Å². The van der Waals surface area contributed by atoms with Crippen LogP contribution in [0.2, 0.25) is 0 Å². The molecule has 0 spiro atoms. The van der Waals surface area contributed by atoms with Gasteiger partial charge in [0.25, 0.3) is 0 Å². The van der Waals surface area contributed by atoms with Crippen molar-refractivity contribution in [1.29, 1.82) is 0 Å². The summed E-state index contributed by atoms with van der Waals surface area (Å²) in [7, 11) is 0. The second-order valence-corrected chi connectivity index (χ2v) is 6.09. The van der Waals surface area contributed by atoms with Gasteiger partial charge in [-0.3, -0.25) is 4.68 Å². The molecule has 3 heteroatoms. The van der Waals surface area contributed by atoms with Crippen molar-refractivity contribution in [2.75, 3.05) is 6.54 Å². The minimum absolute atomic E-state index is 0.452. The zero-order valence-electron chi connectivity index (χ0n) is 14.8. The largest absolute Gasteiger partial charge is 0.310 e. The quantitative estimate of drug-likeness (QED) is 0.587. The third kappa shape index (κ3) is 5.46. The van der Waals surface area contributed by atoms with E-state index in [2.05, 4.69) is 44.6 Å². The SMILES string of the molecule is CCCCCCCCn1nc(C)c(C(CC)NCC)c1C. The molecule has 1 aromatic heterocycles. The van der Waals surface area contributed by atoms with E-state index in [1.54, 1.807) is 0 Å². The first-order chi connectivity index (χ1) is 10.2. The third-order valence-electron chi connectivity index (χ3n) is 4.37. The van der Waals surface area contributed by atoms with E-state index in [0.29, 0.717) is 6.04 Å². The van der Waals surface area contributed by atoms with Gasteiger partial charge in [0, 0.05) is 23.8 Å². The van der Waals surface area contributed by atoms with Gasteiger partial charge in [-0.15, -0.1) is 0 Å². The Balaban J connectivity index is 2.56. The van der Waals surface area contributed by atoms with Crippen LogP contribution in [0.15, 0.2) is 0 Å². The summed E-state index contributed by atoms with van der Waals surface area (Å²) in [6, 6.07) is 0.452. The lowest BCUT2D eigenvalue weighted by Gasteiger charge is -2.16. The van der Waals surface area contributed by atoms with Crippen molar-refractivity contribution in [3.8, 4) is 0 Å². The van der Waals surface area contributed by atoms with Crippen LogP contribution in [0.3, 0.4) is 0 Å². The van der Waals surface area contributed by atoms with Crippen LogP contribution in [0, 0.1) is 13.8 Å². The van der Waals surface area contributed by atoms with E-state index in [4.69, 9.17) is 5.10 Å². The molecule has 0 aliphatic carbocycles. The predicted octanol–water partition coefficient (Wildman–Crippen LogP) is 4.92. The number of unbranched alkanes of at least 4 members (excludes halogenated alkanes) is 5. The molecule has 1 atom stereocenters. The maximum Gasteiger partial charge on any atom is 0.0644 e. The Morgan fingerprint density at radius 1 is 1.00 bits per heavy atom. The Bertz CT molecular complexity index is 395. The molecule has 1 unspecified atom stereocenters. The average Bonchev–Trinajstić information content (AvgIpc) is 2.75. The van der Waals surface area contributed by atoms with E-state index in [1.165, 1.54) is 55.5 Å². The number of hydrogen-bond acceptors (Lipinski definition) is 2. The molecule has 0 aliphatic rings. The first-order valence-corrected chi connectivity index (χ1v) is 8.92. The van der Waals surface area contributed by atoms with Crippen LogP contribution in [-0.4, -0.2) is 16.3 Å². The van der Waals surface area contributed by atoms with Gasteiger partial charge in [-0.1, -0.05) is 52.9 Å². The van der Waals surface area contributed by atoms with Gasteiger partial charge in [0.15, 0.2) is 0 Å². The number of aryl methyl sites for hydroxylation is 2. The number of nitrogens with zero attached hydrogens (tertiary/aromatic N) is 2. The molecule has 1 rings (SSSR count). The zero-order chi connectivity index (χ0) is 15.7. The highest BCUT2D eigenvalue weighted by atomic mass is 15.3. The highest BCUT2D eigenvalue weighted by Crippen LogP contribution is 2.24. The summed E-state index contributed by atoms with van der Waals surface area (Å²) < 4.78 is 2.23. The van der Waals surface area contributed by atoms with E-state index >= 15 is 0 Å². The first-order valence-electron chi connectivity index (χ1n) is 8.92. The summed E-state index contributed by atoms with van der Waals surface area (Å²) in [5.41, 5.74) is 3.98. The molecule has 0 saturated heterocycles. The summed E-state index contributed by atoms with van der Waals surface area (Å²) in [4.78, 5) is 0. The molecular weight excluding hydrogens is 258 g/mol. The molecular formula is C18H35N3. The Morgan fingerprint density at radius 3 is 2.29 bits per heavy atom.